The van der Waals surface area contributed by atoms with Gasteiger partial charge in [0.1, 0.15) is 11.6 Å². The summed E-state index contributed by atoms with van der Waals surface area (Å²) in [7, 11) is 0. The maximum absolute atomic E-state index is 13.1. The highest BCUT2D eigenvalue weighted by molar-refractivity contribution is 5.32. The maximum atomic E-state index is 13.1. The molecule has 0 saturated carbocycles. The fourth-order valence-electron chi connectivity index (χ4n) is 2.22. The lowest BCUT2D eigenvalue weighted by molar-refractivity contribution is 0.272. The Morgan fingerprint density at radius 1 is 1.12 bits per heavy atom. The standard InChI is InChI=1S/C13H18FNO/c14-12-5-6-13(16)11(9-12)10-15-7-3-1-2-4-8-15/h5-6,9,16H,1-4,7-8,10H2. The highest BCUT2D eigenvalue weighted by Gasteiger charge is 2.11. The van der Waals surface area contributed by atoms with Crippen LogP contribution in [0.4, 0.5) is 4.39 Å². The van der Waals surface area contributed by atoms with Gasteiger partial charge < -0.3 is 5.11 Å². The first kappa shape index (κ1) is 11.4. The molecule has 1 fully saturated rings. The molecular weight excluding hydrogens is 205 g/mol. The summed E-state index contributed by atoms with van der Waals surface area (Å²) in [6, 6.07) is 4.16. The third-order valence-electron chi connectivity index (χ3n) is 3.13. The van der Waals surface area contributed by atoms with E-state index in [9.17, 15) is 9.50 Å². The molecule has 0 bridgehead atoms. The van der Waals surface area contributed by atoms with Crippen LogP contribution in [0.2, 0.25) is 0 Å². The number of halogens is 1. The fourth-order valence-corrected chi connectivity index (χ4v) is 2.22. The second-order valence-corrected chi connectivity index (χ2v) is 4.46. The Morgan fingerprint density at radius 3 is 2.50 bits per heavy atom. The highest BCUT2D eigenvalue weighted by Crippen LogP contribution is 2.21. The summed E-state index contributed by atoms with van der Waals surface area (Å²) < 4.78 is 13.1. The van der Waals surface area contributed by atoms with Crippen molar-refractivity contribution < 1.29 is 9.50 Å². The Labute approximate surface area is 95.7 Å². The molecule has 0 aliphatic carbocycles. The third kappa shape index (κ3) is 2.95. The van der Waals surface area contributed by atoms with E-state index in [2.05, 4.69) is 4.90 Å². The van der Waals surface area contributed by atoms with E-state index in [1.807, 2.05) is 0 Å². The van der Waals surface area contributed by atoms with Crippen LogP contribution < -0.4 is 0 Å². The lowest BCUT2D eigenvalue weighted by Crippen LogP contribution is -2.24. The second kappa shape index (κ2) is 5.30. The SMILES string of the molecule is Oc1ccc(F)cc1CN1CCCCCC1. The van der Waals surface area contributed by atoms with Crippen LogP contribution in [-0.2, 0) is 6.54 Å². The average Bonchev–Trinajstić information content (AvgIpc) is 2.52. The van der Waals surface area contributed by atoms with Crippen molar-refractivity contribution in [3.05, 3.63) is 29.6 Å². The van der Waals surface area contributed by atoms with Crippen LogP contribution >= 0.6 is 0 Å². The molecule has 1 heterocycles. The Kier molecular flexibility index (Phi) is 3.78. The van der Waals surface area contributed by atoms with Gasteiger partial charge in [0.05, 0.1) is 0 Å². The highest BCUT2D eigenvalue weighted by atomic mass is 19.1. The summed E-state index contributed by atoms with van der Waals surface area (Å²) in [5.41, 5.74) is 0.696. The molecule has 0 amide bonds. The molecule has 1 N–H and O–H groups in total. The minimum Gasteiger partial charge on any atom is -0.508 e. The van der Waals surface area contributed by atoms with Gasteiger partial charge in [-0.25, -0.2) is 4.39 Å². The molecule has 0 spiro atoms. The largest absolute Gasteiger partial charge is 0.508 e. The van der Waals surface area contributed by atoms with Crippen molar-refractivity contribution in [2.24, 2.45) is 0 Å². The monoisotopic (exact) mass is 223 g/mol. The van der Waals surface area contributed by atoms with Crippen LogP contribution in [0.5, 0.6) is 5.75 Å². The van der Waals surface area contributed by atoms with Crippen molar-refractivity contribution in [1.29, 1.82) is 0 Å². The predicted octanol–water partition coefficient (Wildman–Crippen LogP) is 2.91. The van der Waals surface area contributed by atoms with E-state index in [4.69, 9.17) is 0 Å². The molecule has 88 valence electrons. The smallest absolute Gasteiger partial charge is 0.123 e. The summed E-state index contributed by atoms with van der Waals surface area (Å²) in [4.78, 5) is 2.29. The lowest BCUT2D eigenvalue weighted by atomic mass is 10.2. The Morgan fingerprint density at radius 2 is 1.81 bits per heavy atom. The topological polar surface area (TPSA) is 23.5 Å². The van der Waals surface area contributed by atoms with Gasteiger partial charge in [0.2, 0.25) is 0 Å². The van der Waals surface area contributed by atoms with Crippen molar-refractivity contribution >= 4 is 0 Å². The minimum absolute atomic E-state index is 0.200. The molecular formula is C13H18FNO. The molecule has 1 aliphatic rings. The van der Waals surface area contributed by atoms with Crippen molar-refractivity contribution in [1.82, 2.24) is 4.90 Å². The van der Waals surface area contributed by atoms with Gasteiger partial charge in [-0.05, 0) is 44.1 Å². The molecule has 0 radical (unpaired) electrons. The maximum Gasteiger partial charge on any atom is 0.123 e. The molecule has 2 rings (SSSR count). The predicted molar refractivity (Wildman–Crippen MR) is 61.8 cm³/mol. The van der Waals surface area contributed by atoms with Crippen molar-refractivity contribution in [3.8, 4) is 5.75 Å². The zero-order valence-corrected chi connectivity index (χ0v) is 9.45. The average molecular weight is 223 g/mol. The molecule has 1 saturated heterocycles. The van der Waals surface area contributed by atoms with Gasteiger partial charge in [0.15, 0.2) is 0 Å². The van der Waals surface area contributed by atoms with E-state index in [-0.39, 0.29) is 11.6 Å². The van der Waals surface area contributed by atoms with E-state index in [1.165, 1.54) is 43.9 Å². The Balaban J connectivity index is 2.04. The van der Waals surface area contributed by atoms with Crippen LogP contribution in [0, 0.1) is 5.82 Å². The molecule has 1 aromatic carbocycles. The molecule has 2 nitrogen and oxygen atoms in total. The third-order valence-corrected chi connectivity index (χ3v) is 3.13. The number of likely N-dealkylation sites (tertiary alicyclic amines) is 1. The van der Waals surface area contributed by atoms with Crippen LogP contribution in [0.25, 0.3) is 0 Å². The van der Waals surface area contributed by atoms with Crippen LogP contribution in [-0.4, -0.2) is 23.1 Å². The van der Waals surface area contributed by atoms with Crippen molar-refractivity contribution in [2.75, 3.05) is 13.1 Å². The Bertz CT molecular complexity index is 346. The summed E-state index contributed by atoms with van der Waals surface area (Å²) in [5, 5.41) is 9.64. The first-order valence-electron chi connectivity index (χ1n) is 5.95. The van der Waals surface area contributed by atoms with Crippen LogP contribution in [0.3, 0.4) is 0 Å². The fraction of sp³-hybridized carbons (Fsp3) is 0.538. The van der Waals surface area contributed by atoms with E-state index in [0.29, 0.717) is 12.1 Å². The van der Waals surface area contributed by atoms with Gasteiger partial charge in [-0.15, -0.1) is 0 Å². The number of rotatable bonds is 2. The molecule has 3 heteroatoms. The zero-order valence-electron chi connectivity index (χ0n) is 9.45. The number of phenolic OH excluding ortho intramolecular Hbond substituents is 1. The van der Waals surface area contributed by atoms with Gasteiger partial charge in [-0.3, -0.25) is 4.90 Å². The minimum atomic E-state index is -0.275. The van der Waals surface area contributed by atoms with Crippen LogP contribution in [0.1, 0.15) is 31.2 Å². The molecule has 1 aliphatic heterocycles. The second-order valence-electron chi connectivity index (χ2n) is 4.46. The van der Waals surface area contributed by atoms with Crippen molar-refractivity contribution in [3.63, 3.8) is 0 Å². The summed E-state index contributed by atoms with van der Waals surface area (Å²) >= 11 is 0. The van der Waals surface area contributed by atoms with E-state index >= 15 is 0 Å². The summed E-state index contributed by atoms with van der Waals surface area (Å²) in [5.74, 6) is -0.0757. The van der Waals surface area contributed by atoms with E-state index < -0.39 is 0 Å². The first-order chi connectivity index (χ1) is 7.75. The van der Waals surface area contributed by atoms with Gasteiger partial charge in [0.25, 0.3) is 0 Å². The summed E-state index contributed by atoms with van der Waals surface area (Å²) in [6.45, 7) is 2.76. The van der Waals surface area contributed by atoms with Gasteiger partial charge >= 0.3 is 0 Å². The number of hydrogen-bond acceptors (Lipinski definition) is 2. The number of aromatic hydroxyl groups is 1. The van der Waals surface area contributed by atoms with E-state index in [0.717, 1.165) is 13.1 Å². The van der Waals surface area contributed by atoms with Crippen LogP contribution in [0.15, 0.2) is 18.2 Å². The Hall–Kier alpha value is -1.09. The van der Waals surface area contributed by atoms with Crippen molar-refractivity contribution in [2.45, 2.75) is 32.2 Å². The van der Waals surface area contributed by atoms with Gasteiger partial charge in [-0.2, -0.15) is 0 Å². The zero-order chi connectivity index (χ0) is 11.4. The molecule has 16 heavy (non-hydrogen) atoms. The lowest BCUT2D eigenvalue weighted by Gasteiger charge is -2.20. The summed E-state index contributed by atoms with van der Waals surface area (Å²) in [6.07, 6.45) is 4.98. The van der Waals surface area contributed by atoms with Gasteiger partial charge in [0, 0.05) is 12.1 Å². The number of hydrogen-bond donors (Lipinski definition) is 1. The number of phenols is 1. The number of benzene rings is 1. The van der Waals surface area contributed by atoms with E-state index in [1.54, 1.807) is 0 Å². The quantitative estimate of drug-likeness (QED) is 0.833. The first-order valence-corrected chi connectivity index (χ1v) is 5.95. The molecule has 1 aromatic rings. The normalized spacial score (nSPS) is 18.3. The number of nitrogens with zero attached hydrogens (tertiary/aromatic N) is 1. The molecule has 0 aromatic heterocycles. The van der Waals surface area contributed by atoms with Gasteiger partial charge in [-0.1, -0.05) is 12.8 Å². The molecule has 0 atom stereocenters. The molecule has 0 unspecified atom stereocenters.